The number of likely N-dealkylation sites (N-methyl/N-ethyl adjacent to an activating group) is 1. The van der Waals surface area contributed by atoms with Crippen molar-refractivity contribution in [3.8, 4) is 0 Å². The number of carbonyl (C=O) groups is 1. The van der Waals surface area contributed by atoms with Crippen molar-refractivity contribution in [3.05, 3.63) is 29.8 Å². The van der Waals surface area contributed by atoms with Gasteiger partial charge in [0.05, 0.1) is 0 Å². The molecule has 1 fully saturated rings. The number of hydrogen-bond acceptors (Lipinski definition) is 2. The summed E-state index contributed by atoms with van der Waals surface area (Å²) in [5.41, 5.74) is 2.75. The van der Waals surface area contributed by atoms with Gasteiger partial charge in [0.2, 0.25) is 5.91 Å². The molecule has 0 aliphatic carbocycles. The molecule has 0 spiro atoms. The summed E-state index contributed by atoms with van der Waals surface area (Å²) in [6, 6.07) is 8.52. The van der Waals surface area contributed by atoms with Gasteiger partial charge >= 0.3 is 0 Å². The van der Waals surface area contributed by atoms with Crippen LogP contribution in [-0.2, 0) is 10.2 Å². The molecule has 0 radical (unpaired) electrons. The second kappa shape index (κ2) is 3.25. The largest absolute Gasteiger partial charge is 0.353 e. The Morgan fingerprint density at radius 3 is 2.82 bits per heavy atom. The fraction of sp³-hybridized carbons (Fsp3) is 0.500. The van der Waals surface area contributed by atoms with E-state index in [0.717, 1.165) is 13.0 Å². The lowest BCUT2D eigenvalue weighted by atomic mass is 9.81. The molecule has 0 N–H and O–H groups in total. The fourth-order valence-corrected chi connectivity index (χ4v) is 3.58. The van der Waals surface area contributed by atoms with Crippen LogP contribution in [0.4, 0.5) is 5.69 Å². The van der Waals surface area contributed by atoms with Crippen LogP contribution in [0.1, 0.15) is 25.8 Å². The Kier molecular flexibility index (Phi) is 2.03. The van der Waals surface area contributed by atoms with Crippen molar-refractivity contribution in [1.82, 2.24) is 4.90 Å². The second-order valence-electron chi connectivity index (χ2n) is 5.38. The molecule has 3 nitrogen and oxygen atoms in total. The number of nitrogens with zero attached hydrogens (tertiary/aromatic N) is 2. The van der Waals surface area contributed by atoms with E-state index >= 15 is 0 Å². The molecule has 2 unspecified atom stereocenters. The minimum Gasteiger partial charge on any atom is -0.353 e. The maximum atomic E-state index is 11.7. The summed E-state index contributed by atoms with van der Waals surface area (Å²) in [7, 11) is 2.09. The number of amides is 1. The molecule has 2 atom stereocenters. The Morgan fingerprint density at radius 1 is 1.41 bits per heavy atom. The first-order valence-electron chi connectivity index (χ1n) is 6.15. The van der Waals surface area contributed by atoms with Crippen LogP contribution < -0.4 is 4.90 Å². The quantitative estimate of drug-likeness (QED) is 0.680. The van der Waals surface area contributed by atoms with Gasteiger partial charge in [-0.1, -0.05) is 25.1 Å². The second-order valence-corrected chi connectivity index (χ2v) is 5.38. The zero-order chi connectivity index (χ0) is 12.2. The summed E-state index contributed by atoms with van der Waals surface area (Å²) >= 11 is 0. The molecule has 2 heterocycles. The third-order valence-corrected chi connectivity index (χ3v) is 4.41. The highest BCUT2D eigenvalue weighted by atomic mass is 16.2. The molecular weight excluding hydrogens is 212 g/mol. The molecule has 0 aromatic heterocycles. The first kappa shape index (κ1) is 10.6. The van der Waals surface area contributed by atoms with E-state index in [1.807, 2.05) is 4.90 Å². The van der Waals surface area contributed by atoms with Gasteiger partial charge in [-0.05, 0) is 18.1 Å². The van der Waals surface area contributed by atoms with Crippen LogP contribution in [0.5, 0.6) is 0 Å². The predicted molar refractivity (Wildman–Crippen MR) is 68.0 cm³/mol. The molecule has 1 aromatic rings. The van der Waals surface area contributed by atoms with Gasteiger partial charge in [0, 0.05) is 31.6 Å². The lowest BCUT2D eigenvalue weighted by Crippen LogP contribution is -2.48. The van der Waals surface area contributed by atoms with Gasteiger partial charge in [-0.25, -0.2) is 0 Å². The summed E-state index contributed by atoms with van der Waals surface area (Å²) in [5.74, 6) is 0.179. The summed E-state index contributed by atoms with van der Waals surface area (Å²) in [6.07, 6.45) is 1.25. The average Bonchev–Trinajstić information content (AvgIpc) is 2.76. The van der Waals surface area contributed by atoms with Crippen LogP contribution in [0.2, 0.25) is 0 Å². The summed E-state index contributed by atoms with van der Waals surface area (Å²) in [5, 5.41) is 0. The molecule has 90 valence electrons. The lowest BCUT2D eigenvalue weighted by molar-refractivity contribution is -0.129. The van der Waals surface area contributed by atoms with E-state index in [0.29, 0.717) is 0 Å². The predicted octanol–water partition coefficient (Wildman–Crippen LogP) is 1.97. The van der Waals surface area contributed by atoms with Gasteiger partial charge in [0.25, 0.3) is 0 Å². The number of fused-ring (bicyclic) bond motifs is 3. The molecule has 1 saturated heterocycles. The zero-order valence-corrected chi connectivity index (χ0v) is 10.6. The van der Waals surface area contributed by atoms with Crippen molar-refractivity contribution in [3.63, 3.8) is 0 Å². The first-order chi connectivity index (χ1) is 8.05. The Hall–Kier alpha value is -1.51. The van der Waals surface area contributed by atoms with Crippen LogP contribution in [0.3, 0.4) is 0 Å². The van der Waals surface area contributed by atoms with E-state index in [1.165, 1.54) is 11.3 Å². The topological polar surface area (TPSA) is 23.6 Å². The van der Waals surface area contributed by atoms with Gasteiger partial charge in [-0.3, -0.25) is 4.79 Å². The monoisotopic (exact) mass is 230 g/mol. The number of benzene rings is 1. The van der Waals surface area contributed by atoms with Crippen LogP contribution >= 0.6 is 0 Å². The van der Waals surface area contributed by atoms with Crippen molar-refractivity contribution in [2.45, 2.75) is 31.8 Å². The van der Waals surface area contributed by atoms with E-state index < -0.39 is 0 Å². The molecule has 2 aliphatic rings. The van der Waals surface area contributed by atoms with Gasteiger partial charge in [0.1, 0.15) is 6.17 Å². The maximum Gasteiger partial charge on any atom is 0.221 e. The van der Waals surface area contributed by atoms with Gasteiger partial charge in [-0.2, -0.15) is 0 Å². The van der Waals surface area contributed by atoms with E-state index in [2.05, 4.69) is 43.1 Å². The SMILES string of the molecule is CC(=O)N1CCC2(C)c3ccccc3N(C)C12. The van der Waals surface area contributed by atoms with Crippen LogP contribution in [0.25, 0.3) is 0 Å². The molecular formula is C14H18N2O. The molecule has 0 bridgehead atoms. The van der Waals surface area contributed by atoms with E-state index in [-0.39, 0.29) is 17.5 Å². The minimum atomic E-state index is 0.0943. The van der Waals surface area contributed by atoms with E-state index in [4.69, 9.17) is 0 Å². The highest BCUT2D eigenvalue weighted by molar-refractivity contribution is 5.77. The van der Waals surface area contributed by atoms with Crippen molar-refractivity contribution in [2.24, 2.45) is 0 Å². The van der Waals surface area contributed by atoms with Gasteiger partial charge in [0.15, 0.2) is 0 Å². The number of anilines is 1. The Morgan fingerprint density at radius 2 is 2.12 bits per heavy atom. The molecule has 2 aliphatic heterocycles. The molecule has 3 heteroatoms. The van der Waals surface area contributed by atoms with Gasteiger partial charge in [-0.15, -0.1) is 0 Å². The third kappa shape index (κ3) is 1.20. The maximum absolute atomic E-state index is 11.7. The average molecular weight is 230 g/mol. The van der Waals surface area contributed by atoms with Crippen LogP contribution in [0, 0.1) is 0 Å². The normalized spacial score (nSPS) is 30.4. The number of hydrogen-bond donors (Lipinski definition) is 0. The minimum absolute atomic E-state index is 0.0943. The smallest absolute Gasteiger partial charge is 0.221 e. The van der Waals surface area contributed by atoms with Crippen LogP contribution in [-0.4, -0.2) is 30.6 Å². The lowest BCUT2D eigenvalue weighted by Gasteiger charge is -2.34. The summed E-state index contributed by atoms with van der Waals surface area (Å²) in [6.45, 7) is 4.82. The van der Waals surface area contributed by atoms with Crippen LogP contribution in [0.15, 0.2) is 24.3 Å². The highest BCUT2D eigenvalue weighted by Gasteiger charge is 2.53. The number of para-hydroxylation sites is 1. The van der Waals surface area contributed by atoms with Crippen molar-refractivity contribution in [2.75, 3.05) is 18.5 Å². The van der Waals surface area contributed by atoms with Gasteiger partial charge < -0.3 is 9.80 Å². The molecule has 3 rings (SSSR count). The van der Waals surface area contributed by atoms with E-state index in [9.17, 15) is 4.79 Å². The fourth-order valence-electron chi connectivity index (χ4n) is 3.58. The zero-order valence-electron chi connectivity index (χ0n) is 10.6. The Bertz CT molecular complexity index is 485. The third-order valence-electron chi connectivity index (χ3n) is 4.41. The summed E-state index contributed by atoms with van der Waals surface area (Å²) in [4.78, 5) is 16.0. The molecule has 17 heavy (non-hydrogen) atoms. The number of carbonyl (C=O) groups excluding carboxylic acids is 1. The highest BCUT2D eigenvalue weighted by Crippen LogP contribution is 2.50. The van der Waals surface area contributed by atoms with E-state index in [1.54, 1.807) is 6.92 Å². The van der Waals surface area contributed by atoms with Crippen molar-refractivity contribution in [1.29, 1.82) is 0 Å². The first-order valence-corrected chi connectivity index (χ1v) is 6.15. The summed E-state index contributed by atoms with van der Waals surface area (Å²) < 4.78 is 0. The van der Waals surface area contributed by atoms with Crippen molar-refractivity contribution < 1.29 is 4.79 Å². The van der Waals surface area contributed by atoms with Crippen molar-refractivity contribution >= 4 is 11.6 Å². The molecule has 1 aromatic carbocycles. The molecule has 1 amide bonds. The molecule has 0 saturated carbocycles. The standard InChI is InChI=1S/C14H18N2O/c1-10(17)16-9-8-14(2)11-6-4-5-7-12(11)15(3)13(14)16/h4-7,13H,8-9H2,1-3H3. The Balaban J connectivity index is 2.13. The number of likely N-dealkylation sites (tertiary alicyclic amines) is 1. The number of rotatable bonds is 0. The Labute approximate surface area is 102 Å².